The second-order valence-corrected chi connectivity index (χ2v) is 6.39. The number of amides is 1. The second kappa shape index (κ2) is 8.20. The molecule has 0 bridgehead atoms. The highest BCUT2D eigenvalue weighted by Crippen LogP contribution is 2.28. The first kappa shape index (κ1) is 17.6. The normalized spacial score (nSPS) is 16.1. The third-order valence-electron chi connectivity index (χ3n) is 4.24. The van der Waals surface area contributed by atoms with Crippen LogP contribution in [0.5, 0.6) is 5.75 Å². The van der Waals surface area contributed by atoms with Gasteiger partial charge < -0.3 is 15.2 Å². The fourth-order valence-corrected chi connectivity index (χ4v) is 3.28. The molecule has 0 spiro atoms. The highest BCUT2D eigenvalue weighted by molar-refractivity contribution is 6.32. The zero-order chi connectivity index (χ0) is 16.8. The lowest BCUT2D eigenvalue weighted by atomic mass is 10.0. The number of halogens is 1. The van der Waals surface area contributed by atoms with E-state index in [1.165, 1.54) is 7.11 Å². The van der Waals surface area contributed by atoms with Crippen molar-refractivity contribution in [2.75, 3.05) is 7.11 Å². The van der Waals surface area contributed by atoms with Crippen LogP contribution in [0.15, 0.2) is 18.2 Å². The number of methoxy groups -OCH3 is 1. The molecule has 0 aliphatic heterocycles. The highest BCUT2D eigenvalue weighted by atomic mass is 35.5. The lowest BCUT2D eigenvalue weighted by Crippen LogP contribution is -2.42. The molecule has 1 atom stereocenters. The number of ether oxygens (including phenoxy) is 1. The minimum absolute atomic E-state index is 0.190. The Morgan fingerprint density at radius 2 is 2.09 bits per heavy atom. The first-order valence-electron chi connectivity index (χ1n) is 7.84. The molecule has 0 unspecified atom stereocenters. The third-order valence-corrected chi connectivity index (χ3v) is 4.53. The number of nitrogens with one attached hydrogen (secondary N) is 1. The van der Waals surface area contributed by atoms with Crippen molar-refractivity contribution in [2.45, 2.75) is 44.6 Å². The first-order valence-corrected chi connectivity index (χ1v) is 8.22. The van der Waals surface area contributed by atoms with Crippen LogP contribution >= 0.6 is 11.6 Å². The summed E-state index contributed by atoms with van der Waals surface area (Å²) in [7, 11) is 1.52. The maximum atomic E-state index is 12.1. The van der Waals surface area contributed by atoms with E-state index in [0.717, 1.165) is 31.2 Å². The molecule has 1 fully saturated rings. The van der Waals surface area contributed by atoms with Gasteiger partial charge in [-0.15, -0.1) is 0 Å². The summed E-state index contributed by atoms with van der Waals surface area (Å²) in [4.78, 5) is 23.5. The number of benzene rings is 1. The molecule has 2 rings (SSSR count). The van der Waals surface area contributed by atoms with Gasteiger partial charge in [0, 0.05) is 12.8 Å². The van der Waals surface area contributed by atoms with Crippen molar-refractivity contribution < 1.29 is 19.4 Å². The molecule has 1 saturated carbocycles. The number of carbonyl (C=O) groups is 2. The first-order chi connectivity index (χ1) is 11.0. The maximum absolute atomic E-state index is 12.1. The number of carboxylic acid groups (broad SMARTS) is 1. The van der Waals surface area contributed by atoms with Gasteiger partial charge in [-0.3, -0.25) is 4.79 Å². The molecule has 0 heterocycles. The van der Waals surface area contributed by atoms with E-state index in [1.54, 1.807) is 18.2 Å². The SMILES string of the molecule is COc1ccc(C[C@@H](NC(=O)CC2CCCC2)C(=O)O)cc1Cl. The van der Waals surface area contributed by atoms with Crippen molar-refractivity contribution in [3.8, 4) is 5.75 Å². The van der Waals surface area contributed by atoms with Gasteiger partial charge in [0.05, 0.1) is 12.1 Å². The Morgan fingerprint density at radius 3 is 2.65 bits per heavy atom. The Morgan fingerprint density at radius 1 is 1.39 bits per heavy atom. The van der Waals surface area contributed by atoms with Crippen molar-refractivity contribution in [1.82, 2.24) is 5.32 Å². The molecule has 126 valence electrons. The second-order valence-electron chi connectivity index (χ2n) is 5.99. The van der Waals surface area contributed by atoms with E-state index < -0.39 is 12.0 Å². The third kappa shape index (κ3) is 5.13. The van der Waals surface area contributed by atoms with Crippen molar-refractivity contribution in [3.05, 3.63) is 28.8 Å². The number of hydrogen-bond acceptors (Lipinski definition) is 3. The molecule has 1 aliphatic carbocycles. The standard InChI is InChI=1S/C17H22ClNO4/c1-23-15-7-6-12(8-13(15)18)9-14(17(21)22)19-16(20)10-11-4-2-3-5-11/h6-8,11,14H,2-5,9-10H2,1H3,(H,19,20)(H,21,22)/t14-/m1/s1. The molecule has 0 saturated heterocycles. The monoisotopic (exact) mass is 339 g/mol. The van der Waals surface area contributed by atoms with Crippen LogP contribution in [0.25, 0.3) is 0 Å². The minimum atomic E-state index is -1.04. The van der Waals surface area contributed by atoms with Crippen LogP contribution < -0.4 is 10.1 Å². The van der Waals surface area contributed by atoms with Gasteiger partial charge >= 0.3 is 5.97 Å². The molecule has 23 heavy (non-hydrogen) atoms. The van der Waals surface area contributed by atoms with Crippen LogP contribution in [-0.4, -0.2) is 30.1 Å². The topological polar surface area (TPSA) is 75.6 Å². The molecule has 0 aromatic heterocycles. The maximum Gasteiger partial charge on any atom is 0.326 e. The smallest absolute Gasteiger partial charge is 0.326 e. The van der Waals surface area contributed by atoms with Gasteiger partial charge in [0.1, 0.15) is 11.8 Å². The van der Waals surface area contributed by atoms with Crippen molar-refractivity contribution in [1.29, 1.82) is 0 Å². The van der Waals surface area contributed by atoms with Crippen LogP contribution in [0.1, 0.15) is 37.7 Å². The average Bonchev–Trinajstić information content (AvgIpc) is 2.99. The lowest BCUT2D eigenvalue weighted by Gasteiger charge is -2.17. The molecule has 2 N–H and O–H groups in total. The molecule has 1 aromatic carbocycles. The van der Waals surface area contributed by atoms with Crippen molar-refractivity contribution in [2.24, 2.45) is 5.92 Å². The van der Waals surface area contributed by atoms with Crippen LogP contribution in [0.2, 0.25) is 5.02 Å². The largest absolute Gasteiger partial charge is 0.495 e. The summed E-state index contributed by atoms with van der Waals surface area (Å²) in [5.74, 6) is -0.312. The molecular formula is C17H22ClNO4. The fourth-order valence-electron chi connectivity index (χ4n) is 3.00. The van der Waals surface area contributed by atoms with E-state index in [-0.39, 0.29) is 12.3 Å². The minimum Gasteiger partial charge on any atom is -0.495 e. The summed E-state index contributed by atoms with van der Waals surface area (Å²) in [6.45, 7) is 0. The van der Waals surface area contributed by atoms with E-state index in [4.69, 9.17) is 16.3 Å². The predicted molar refractivity (Wildman–Crippen MR) is 87.8 cm³/mol. The van der Waals surface area contributed by atoms with E-state index in [0.29, 0.717) is 23.1 Å². The molecule has 6 heteroatoms. The summed E-state index contributed by atoms with van der Waals surface area (Å²) >= 11 is 6.05. The molecule has 1 aromatic rings. The zero-order valence-corrected chi connectivity index (χ0v) is 13.9. The van der Waals surface area contributed by atoms with Gasteiger partial charge in [-0.05, 0) is 36.5 Å². The average molecular weight is 340 g/mol. The Labute approximate surface area is 141 Å². The predicted octanol–water partition coefficient (Wildman–Crippen LogP) is 3.04. The van der Waals surface area contributed by atoms with Gasteiger partial charge in [-0.25, -0.2) is 4.79 Å². The number of rotatable bonds is 7. The van der Waals surface area contributed by atoms with E-state index in [1.807, 2.05) is 0 Å². The van der Waals surface area contributed by atoms with Crippen molar-refractivity contribution in [3.63, 3.8) is 0 Å². The Bertz CT molecular complexity index is 570. The summed E-state index contributed by atoms with van der Waals surface area (Å²) in [5.41, 5.74) is 0.740. The molecule has 1 amide bonds. The van der Waals surface area contributed by atoms with Crippen LogP contribution in [0.3, 0.4) is 0 Å². The highest BCUT2D eigenvalue weighted by Gasteiger charge is 2.24. The Balaban J connectivity index is 1.96. The van der Waals surface area contributed by atoms with Crippen LogP contribution in [-0.2, 0) is 16.0 Å². The summed E-state index contributed by atoms with van der Waals surface area (Å²) in [6, 6.07) is 4.16. The molecular weight excluding hydrogens is 318 g/mol. The van der Waals surface area contributed by atoms with E-state index in [9.17, 15) is 14.7 Å². The molecule has 0 radical (unpaired) electrons. The number of hydrogen-bond donors (Lipinski definition) is 2. The fraction of sp³-hybridized carbons (Fsp3) is 0.529. The zero-order valence-electron chi connectivity index (χ0n) is 13.2. The summed E-state index contributed by atoms with van der Waals surface area (Å²) in [5, 5.41) is 12.4. The van der Waals surface area contributed by atoms with Gasteiger partial charge in [0.2, 0.25) is 5.91 Å². The van der Waals surface area contributed by atoms with Gasteiger partial charge in [-0.2, -0.15) is 0 Å². The van der Waals surface area contributed by atoms with Crippen molar-refractivity contribution >= 4 is 23.5 Å². The number of carboxylic acids is 1. The number of aliphatic carboxylic acids is 1. The quantitative estimate of drug-likeness (QED) is 0.800. The van der Waals surface area contributed by atoms with Gasteiger partial charge in [0.25, 0.3) is 0 Å². The number of carbonyl (C=O) groups excluding carboxylic acids is 1. The molecule has 1 aliphatic rings. The Kier molecular flexibility index (Phi) is 6.28. The van der Waals surface area contributed by atoms with E-state index in [2.05, 4.69) is 5.32 Å². The van der Waals surface area contributed by atoms with Crippen LogP contribution in [0.4, 0.5) is 0 Å². The summed E-state index contributed by atoms with van der Waals surface area (Å²) < 4.78 is 5.07. The molecule has 5 nitrogen and oxygen atoms in total. The van der Waals surface area contributed by atoms with E-state index >= 15 is 0 Å². The lowest BCUT2D eigenvalue weighted by molar-refractivity contribution is -0.141. The van der Waals surface area contributed by atoms with Gasteiger partial charge in [0.15, 0.2) is 0 Å². The van der Waals surface area contributed by atoms with Gasteiger partial charge in [-0.1, -0.05) is 30.5 Å². The summed E-state index contributed by atoms with van der Waals surface area (Å²) in [6.07, 6.45) is 5.02. The Hall–Kier alpha value is -1.75. The van der Waals surface area contributed by atoms with Crippen LogP contribution in [0, 0.1) is 5.92 Å².